The van der Waals surface area contributed by atoms with Crippen molar-refractivity contribution in [1.29, 1.82) is 0 Å². The predicted molar refractivity (Wildman–Crippen MR) is 175 cm³/mol. The molecule has 4 N–H and O–H groups in total. The van der Waals surface area contributed by atoms with Gasteiger partial charge < -0.3 is 34.8 Å². The van der Waals surface area contributed by atoms with E-state index in [0.29, 0.717) is 5.69 Å². The second-order valence-electron chi connectivity index (χ2n) is 11.5. The Bertz CT molecular complexity index is 1720. The quantitative estimate of drug-likeness (QED) is 0.208. The molecule has 2 aromatic carbocycles. The number of allylic oxidation sites excluding steroid dienone is 2. The topological polar surface area (TPSA) is 138 Å². The van der Waals surface area contributed by atoms with Crippen LogP contribution in [0.4, 0.5) is 11.4 Å². The van der Waals surface area contributed by atoms with Crippen molar-refractivity contribution in [2.45, 2.75) is 51.4 Å². The summed E-state index contributed by atoms with van der Waals surface area (Å²) in [6.45, 7) is 5.65. The molecule has 2 aromatic heterocycles. The summed E-state index contributed by atoms with van der Waals surface area (Å²) < 4.78 is 9.15. The van der Waals surface area contributed by atoms with Crippen LogP contribution in [0.1, 0.15) is 35.7 Å². The number of nitrogens with zero attached hydrogens (tertiary/aromatic N) is 5. The van der Waals surface area contributed by atoms with Crippen molar-refractivity contribution < 1.29 is 24.9 Å². The number of anilines is 2. The highest BCUT2D eigenvalue weighted by Crippen LogP contribution is 2.30. The lowest BCUT2D eigenvalue weighted by atomic mass is 9.99. The summed E-state index contributed by atoms with van der Waals surface area (Å²) in [6.07, 6.45) is 2.91. The Kier molecular flexibility index (Phi) is 9.35. The number of carbonyl (C=O) groups is 1. The van der Waals surface area contributed by atoms with E-state index in [0.717, 1.165) is 45.1 Å². The van der Waals surface area contributed by atoms with Gasteiger partial charge in [0.2, 0.25) is 0 Å². The van der Waals surface area contributed by atoms with E-state index in [1.165, 1.54) is 4.68 Å². The van der Waals surface area contributed by atoms with Gasteiger partial charge in [-0.25, -0.2) is 4.68 Å². The molecule has 4 aromatic rings. The fourth-order valence-electron chi connectivity index (χ4n) is 5.51. The SMILES string of the molecule is CNc1ccc(N(C)C)cc1/C=C\C(=O)/C=C/c1cc(C)n(-c2ccc(-c3cn(C4OC(C)C(O)C(O)C4O)nn3)cc2)c1C. The number of aliphatic hydroxyl groups excluding tert-OH is 3. The number of benzene rings is 2. The second-order valence-corrected chi connectivity index (χ2v) is 11.5. The monoisotopic (exact) mass is 612 g/mol. The lowest BCUT2D eigenvalue weighted by molar-refractivity contribution is -0.243. The largest absolute Gasteiger partial charge is 0.388 e. The molecular formula is C34H40N6O5. The van der Waals surface area contributed by atoms with Gasteiger partial charge in [0.05, 0.1) is 12.3 Å². The molecule has 5 atom stereocenters. The Morgan fingerprint density at radius 2 is 1.64 bits per heavy atom. The molecule has 236 valence electrons. The fourth-order valence-corrected chi connectivity index (χ4v) is 5.51. The first-order valence-electron chi connectivity index (χ1n) is 14.8. The molecule has 45 heavy (non-hydrogen) atoms. The van der Waals surface area contributed by atoms with Crippen LogP contribution in [0.25, 0.3) is 29.1 Å². The van der Waals surface area contributed by atoms with E-state index in [-0.39, 0.29) is 5.78 Å². The molecule has 0 radical (unpaired) electrons. The van der Waals surface area contributed by atoms with Crippen LogP contribution in [0.15, 0.2) is 66.9 Å². The summed E-state index contributed by atoms with van der Waals surface area (Å²) in [7, 11) is 5.82. The van der Waals surface area contributed by atoms with Crippen molar-refractivity contribution in [2.75, 3.05) is 31.4 Å². The van der Waals surface area contributed by atoms with E-state index in [2.05, 4.69) is 20.2 Å². The number of aromatic nitrogens is 4. The molecule has 1 saturated heterocycles. The van der Waals surface area contributed by atoms with Gasteiger partial charge >= 0.3 is 0 Å². The van der Waals surface area contributed by atoms with Crippen molar-refractivity contribution >= 4 is 29.3 Å². The molecule has 0 amide bonds. The normalized spacial score (nSPS) is 21.9. The van der Waals surface area contributed by atoms with E-state index in [1.54, 1.807) is 25.3 Å². The first kappa shape index (κ1) is 31.9. The zero-order chi connectivity index (χ0) is 32.4. The summed E-state index contributed by atoms with van der Waals surface area (Å²) in [4.78, 5) is 14.8. The van der Waals surface area contributed by atoms with E-state index < -0.39 is 30.6 Å². The lowest BCUT2D eigenvalue weighted by Crippen LogP contribution is -2.54. The molecule has 5 unspecified atom stereocenters. The predicted octanol–water partition coefficient (Wildman–Crippen LogP) is 3.76. The van der Waals surface area contributed by atoms with Gasteiger partial charge in [0, 0.05) is 55.2 Å². The maximum absolute atomic E-state index is 12.8. The third-order valence-corrected chi connectivity index (χ3v) is 8.16. The van der Waals surface area contributed by atoms with Crippen LogP contribution in [0.2, 0.25) is 0 Å². The highest BCUT2D eigenvalue weighted by Gasteiger charge is 2.43. The Labute approximate surface area is 262 Å². The average Bonchev–Trinajstić information content (AvgIpc) is 3.63. The third-order valence-electron chi connectivity index (χ3n) is 8.16. The number of rotatable bonds is 9. The van der Waals surface area contributed by atoms with Crippen molar-refractivity contribution in [3.05, 3.63) is 89.4 Å². The van der Waals surface area contributed by atoms with Gasteiger partial charge in [-0.3, -0.25) is 4.79 Å². The lowest BCUT2D eigenvalue weighted by Gasteiger charge is -2.38. The average molecular weight is 613 g/mol. The number of ketones is 1. The summed E-state index contributed by atoms with van der Waals surface area (Å²) in [5, 5.41) is 42.0. The van der Waals surface area contributed by atoms with E-state index in [9.17, 15) is 20.1 Å². The minimum atomic E-state index is -1.36. The molecule has 0 saturated carbocycles. The van der Waals surface area contributed by atoms with Crippen molar-refractivity contribution in [3.63, 3.8) is 0 Å². The molecule has 1 fully saturated rings. The van der Waals surface area contributed by atoms with Crippen LogP contribution in [0.5, 0.6) is 0 Å². The van der Waals surface area contributed by atoms with Gasteiger partial charge in [0.25, 0.3) is 0 Å². The zero-order valence-corrected chi connectivity index (χ0v) is 26.3. The van der Waals surface area contributed by atoms with Crippen molar-refractivity contribution in [3.8, 4) is 16.9 Å². The highest BCUT2D eigenvalue weighted by molar-refractivity contribution is 6.05. The van der Waals surface area contributed by atoms with E-state index in [1.807, 2.05) is 101 Å². The number of ether oxygens (including phenoxy) is 1. The molecule has 1 aliphatic heterocycles. The summed E-state index contributed by atoms with van der Waals surface area (Å²) in [6, 6.07) is 15.9. The first-order valence-corrected chi connectivity index (χ1v) is 14.8. The van der Waals surface area contributed by atoms with Gasteiger partial charge in [0.15, 0.2) is 12.0 Å². The Balaban J connectivity index is 1.30. The summed E-state index contributed by atoms with van der Waals surface area (Å²) >= 11 is 0. The standard InChI is InChI=1S/C34H40N6O5/c1-20-17-24(9-14-28(41)15-10-25-18-27(38(5)6)13-16-29(25)35-4)21(2)40(20)26-11-7-23(8-12-26)30-19-39(37-36-30)34-33(44)32(43)31(42)22(3)45-34/h7-19,22,31-35,42-44H,1-6H3/b14-9+,15-10-. The number of hydrogen-bond donors (Lipinski definition) is 4. The summed E-state index contributed by atoms with van der Waals surface area (Å²) in [5.74, 6) is -0.110. The van der Waals surface area contributed by atoms with Crippen LogP contribution in [0, 0.1) is 13.8 Å². The number of carbonyl (C=O) groups excluding carboxylic acids is 1. The Morgan fingerprint density at radius 3 is 2.31 bits per heavy atom. The van der Waals surface area contributed by atoms with Crippen molar-refractivity contribution in [2.24, 2.45) is 0 Å². The summed E-state index contributed by atoms with van der Waals surface area (Å²) in [5.41, 5.74) is 8.21. The maximum atomic E-state index is 12.8. The zero-order valence-electron chi connectivity index (χ0n) is 26.3. The molecule has 11 nitrogen and oxygen atoms in total. The molecular weight excluding hydrogens is 572 g/mol. The maximum Gasteiger partial charge on any atom is 0.180 e. The van der Waals surface area contributed by atoms with Crippen LogP contribution >= 0.6 is 0 Å². The van der Waals surface area contributed by atoms with Gasteiger partial charge in [-0.1, -0.05) is 17.3 Å². The first-order chi connectivity index (χ1) is 21.5. The number of nitrogens with one attached hydrogen (secondary N) is 1. The van der Waals surface area contributed by atoms with Crippen LogP contribution in [0.3, 0.4) is 0 Å². The molecule has 11 heteroatoms. The van der Waals surface area contributed by atoms with Crippen LogP contribution in [-0.4, -0.2) is 86.2 Å². The number of aryl methyl sites for hydroxylation is 1. The Hall–Kier alpha value is -4.55. The minimum absolute atomic E-state index is 0.110. The van der Waals surface area contributed by atoms with Gasteiger partial charge in [-0.05, 0) is 92.6 Å². The Morgan fingerprint density at radius 1 is 0.956 bits per heavy atom. The number of hydrogen-bond acceptors (Lipinski definition) is 9. The van der Waals surface area contributed by atoms with Gasteiger partial charge in [-0.2, -0.15) is 0 Å². The van der Waals surface area contributed by atoms with Gasteiger partial charge in [0.1, 0.15) is 24.0 Å². The van der Waals surface area contributed by atoms with E-state index >= 15 is 0 Å². The van der Waals surface area contributed by atoms with Crippen molar-refractivity contribution in [1.82, 2.24) is 19.6 Å². The van der Waals surface area contributed by atoms with E-state index in [4.69, 9.17) is 4.74 Å². The number of aliphatic hydroxyl groups is 3. The highest BCUT2D eigenvalue weighted by atomic mass is 16.5. The third kappa shape index (κ3) is 6.62. The minimum Gasteiger partial charge on any atom is -0.388 e. The van der Waals surface area contributed by atoms with Crippen LogP contribution < -0.4 is 10.2 Å². The smallest absolute Gasteiger partial charge is 0.180 e. The molecule has 1 aliphatic rings. The van der Waals surface area contributed by atoms with Crippen LogP contribution in [-0.2, 0) is 9.53 Å². The molecule has 0 spiro atoms. The molecule has 0 aliphatic carbocycles. The second kappa shape index (κ2) is 13.2. The van der Waals surface area contributed by atoms with Gasteiger partial charge in [-0.15, -0.1) is 5.10 Å². The molecule has 0 bridgehead atoms. The molecule has 3 heterocycles. The molecule has 5 rings (SSSR count). The fraction of sp³-hybridized carbons (Fsp3) is 0.324.